The van der Waals surface area contributed by atoms with Gasteiger partial charge in [-0.25, -0.2) is 4.98 Å². The molecule has 0 saturated heterocycles. The molecule has 2 heterocycles. The van der Waals surface area contributed by atoms with E-state index in [-0.39, 0.29) is 5.78 Å². The molecule has 1 aromatic carbocycles. The molecule has 0 aliphatic carbocycles. The van der Waals surface area contributed by atoms with Crippen LogP contribution in [0.25, 0.3) is 0 Å². The summed E-state index contributed by atoms with van der Waals surface area (Å²) < 4.78 is 4.17. The first-order valence-corrected chi connectivity index (χ1v) is 9.39. The van der Waals surface area contributed by atoms with E-state index >= 15 is 0 Å². The Balaban J connectivity index is 1.68. The molecule has 25 heavy (non-hydrogen) atoms. The summed E-state index contributed by atoms with van der Waals surface area (Å²) in [6.07, 6.45) is 4.61. The fourth-order valence-corrected chi connectivity index (χ4v) is 3.83. The number of ketones is 1. The van der Waals surface area contributed by atoms with Gasteiger partial charge in [0.1, 0.15) is 0 Å². The molecule has 0 N–H and O–H groups in total. The van der Waals surface area contributed by atoms with Crippen LogP contribution in [0.1, 0.15) is 27.3 Å². The third kappa shape index (κ3) is 4.04. The molecule has 2 aromatic heterocycles. The lowest BCUT2D eigenvalue weighted by molar-refractivity contribution is 0.102. The Morgan fingerprint density at radius 2 is 1.96 bits per heavy atom. The molecule has 4 nitrogen and oxygen atoms in total. The smallest absolute Gasteiger partial charge is 0.175 e. The van der Waals surface area contributed by atoms with Crippen LogP contribution in [0, 0.1) is 13.8 Å². The van der Waals surface area contributed by atoms with E-state index in [9.17, 15) is 4.79 Å². The monoisotopic (exact) mass is 353 g/mol. The van der Waals surface area contributed by atoms with Crippen molar-refractivity contribution in [1.82, 2.24) is 14.1 Å². The Labute approximate surface area is 152 Å². The zero-order chi connectivity index (χ0) is 17.8. The highest BCUT2D eigenvalue weighted by atomic mass is 32.2. The van der Waals surface area contributed by atoms with Gasteiger partial charge in [0.2, 0.25) is 0 Å². The Hall–Kier alpha value is -2.27. The number of imidazole rings is 1. The molecule has 0 radical (unpaired) electrons. The summed E-state index contributed by atoms with van der Waals surface area (Å²) >= 11 is 1.48. The summed E-state index contributed by atoms with van der Waals surface area (Å²) in [5.74, 6) is 0.570. The summed E-state index contributed by atoms with van der Waals surface area (Å²) in [6, 6.07) is 12.5. The third-order valence-corrected chi connectivity index (χ3v) is 5.51. The maximum absolute atomic E-state index is 12.6. The number of carbonyl (C=O) groups excluding carboxylic acids is 1. The first-order valence-electron chi connectivity index (χ1n) is 8.40. The van der Waals surface area contributed by atoms with Gasteiger partial charge in [0, 0.05) is 42.9 Å². The molecule has 0 saturated carbocycles. The van der Waals surface area contributed by atoms with Crippen molar-refractivity contribution >= 4 is 17.5 Å². The molecule has 5 heteroatoms. The summed E-state index contributed by atoms with van der Waals surface area (Å²) in [5.41, 5.74) is 4.33. The van der Waals surface area contributed by atoms with Crippen LogP contribution in [-0.2, 0) is 20.0 Å². The number of thioether (sulfide) groups is 1. The van der Waals surface area contributed by atoms with E-state index < -0.39 is 0 Å². The SMILES string of the molecule is Cc1cc(C(=O)CSc2nccn2C)c(C)n1CCc1ccccc1. The Morgan fingerprint density at radius 1 is 1.20 bits per heavy atom. The quantitative estimate of drug-likeness (QED) is 0.475. The molecule has 0 spiro atoms. The van der Waals surface area contributed by atoms with Gasteiger partial charge in [-0.2, -0.15) is 0 Å². The number of benzene rings is 1. The van der Waals surface area contributed by atoms with Crippen molar-refractivity contribution in [2.45, 2.75) is 32.0 Å². The minimum absolute atomic E-state index is 0.159. The summed E-state index contributed by atoms with van der Waals surface area (Å²) in [7, 11) is 1.94. The Morgan fingerprint density at radius 3 is 2.64 bits per heavy atom. The van der Waals surface area contributed by atoms with Gasteiger partial charge in [-0.1, -0.05) is 42.1 Å². The van der Waals surface area contributed by atoms with Crippen molar-refractivity contribution in [3.05, 3.63) is 71.3 Å². The molecule has 130 valence electrons. The van der Waals surface area contributed by atoms with Crippen molar-refractivity contribution in [2.24, 2.45) is 7.05 Å². The van der Waals surface area contributed by atoms with Gasteiger partial charge in [-0.15, -0.1) is 0 Å². The molecule has 0 unspecified atom stereocenters. The van der Waals surface area contributed by atoms with Crippen LogP contribution >= 0.6 is 11.8 Å². The van der Waals surface area contributed by atoms with Crippen LogP contribution in [0.15, 0.2) is 53.9 Å². The highest BCUT2D eigenvalue weighted by Crippen LogP contribution is 2.21. The van der Waals surface area contributed by atoms with E-state index in [4.69, 9.17) is 0 Å². The first-order chi connectivity index (χ1) is 12.1. The van der Waals surface area contributed by atoms with Gasteiger partial charge < -0.3 is 9.13 Å². The van der Waals surface area contributed by atoms with Crippen LogP contribution in [0.2, 0.25) is 0 Å². The molecule has 0 fully saturated rings. The Kier molecular flexibility index (Phi) is 5.43. The minimum Gasteiger partial charge on any atom is -0.348 e. The predicted molar refractivity (Wildman–Crippen MR) is 102 cm³/mol. The Bertz CT molecular complexity index is 864. The van der Waals surface area contributed by atoms with E-state index in [1.165, 1.54) is 17.3 Å². The average molecular weight is 353 g/mol. The van der Waals surface area contributed by atoms with Crippen molar-refractivity contribution in [3.8, 4) is 0 Å². The second kappa shape index (κ2) is 7.74. The van der Waals surface area contributed by atoms with Gasteiger partial charge in [-0.3, -0.25) is 4.79 Å². The van der Waals surface area contributed by atoms with Crippen molar-refractivity contribution in [3.63, 3.8) is 0 Å². The van der Waals surface area contributed by atoms with E-state index in [1.54, 1.807) is 6.20 Å². The van der Waals surface area contributed by atoms with Gasteiger partial charge >= 0.3 is 0 Å². The highest BCUT2D eigenvalue weighted by molar-refractivity contribution is 7.99. The number of hydrogen-bond acceptors (Lipinski definition) is 3. The van der Waals surface area contributed by atoms with Gasteiger partial charge in [0.15, 0.2) is 10.9 Å². The highest BCUT2D eigenvalue weighted by Gasteiger charge is 2.16. The number of rotatable bonds is 7. The van der Waals surface area contributed by atoms with Crippen molar-refractivity contribution in [2.75, 3.05) is 5.75 Å². The summed E-state index contributed by atoms with van der Waals surface area (Å²) in [5, 5.41) is 0.867. The second-order valence-electron chi connectivity index (χ2n) is 6.20. The molecule has 0 atom stereocenters. The fourth-order valence-electron chi connectivity index (χ4n) is 3.01. The maximum atomic E-state index is 12.6. The van der Waals surface area contributed by atoms with Gasteiger partial charge in [-0.05, 0) is 31.9 Å². The van der Waals surface area contributed by atoms with E-state index in [2.05, 4.69) is 40.7 Å². The summed E-state index contributed by atoms with van der Waals surface area (Å²) in [6.45, 7) is 5.00. The lowest BCUT2D eigenvalue weighted by atomic mass is 10.1. The molecule has 3 aromatic rings. The van der Waals surface area contributed by atoms with Crippen molar-refractivity contribution < 1.29 is 4.79 Å². The largest absolute Gasteiger partial charge is 0.348 e. The number of nitrogens with zero attached hydrogens (tertiary/aromatic N) is 3. The zero-order valence-corrected chi connectivity index (χ0v) is 15.7. The molecular formula is C20H23N3OS. The van der Waals surface area contributed by atoms with E-state index in [1.807, 2.05) is 36.9 Å². The molecule has 0 aliphatic heterocycles. The minimum atomic E-state index is 0.159. The number of hydrogen-bond donors (Lipinski definition) is 0. The van der Waals surface area contributed by atoms with Crippen molar-refractivity contribution in [1.29, 1.82) is 0 Å². The normalized spacial score (nSPS) is 11.0. The van der Waals surface area contributed by atoms with Crippen LogP contribution in [-0.4, -0.2) is 25.7 Å². The van der Waals surface area contributed by atoms with Gasteiger partial charge in [0.05, 0.1) is 5.75 Å². The predicted octanol–water partition coefficient (Wildman–Crippen LogP) is 4.06. The zero-order valence-electron chi connectivity index (χ0n) is 14.9. The van der Waals surface area contributed by atoms with Gasteiger partial charge in [0.25, 0.3) is 0 Å². The standard InChI is InChI=1S/C20H23N3OS/c1-15-13-18(19(24)14-25-20-21-10-12-22(20)3)16(2)23(15)11-9-17-7-5-4-6-8-17/h4-8,10,12-13H,9,11,14H2,1-3H3. The summed E-state index contributed by atoms with van der Waals surface area (Å²) in [4.78, 5) is 16.9. The first kappa shape index (κ1) is 17.5. The van der Waals surface area contributed by atoms with E-state index in [0.717, 1.165) is 35.1 Å². The molecular weight excluding hydrogens is 330 g/mol. The number of aromatic nitrogens is 3. The molecule has 0 aliphatic rings. The molecule has 0 amide bonds. The lowest BCUT2D eigenvalue weighted by Gasteiger charge is -2.10. The van der Waals surface area contributed by atoms with Crippen LogP contribution in [0.5, 0.6) is 0 Å². The van der Waals surface area contributed by atoms with E-state index in [0.29, 0.717) is 5.75 Å². The fraction of sp³-hybridized carbons (Fsp3) is 0.300. The lowest BCUT2D eigenvalue weighted by Crippen LogP contribution is -2.08. The number of carbonyl (C=O) groups is 1. The van der Waals surface area contributed by atoms with Crippen LogP contribution in [0.3, 0.4) is 0 Å². The second-order valence-corrected chi connectivity index (χ2v) is 7.15. The van der Waals surface area contributed by atoms with Crippen LogP contribution < -0.4 is 0 Å². The third-order valence-electron chi connectivity index (χ3n) is 4.45. The number of aryl methyl sites for hydroxylation is 3. The van der Waals surface area contributed by atoms with Crippen LogP contribution in [0.4, 0.5) is 0 Å². The number of Topliss-reactive ketones (excluding diaryl/α,β-unsaturated/α-hetero) is 1. The maximum Gasteiger partial charge on any atom is 0.175 e. The topological polar surface area (TPSA) is 39.8 Å². The average Bonchev–Trinajstić information content (AvgIpc) is 3.15. The molecule has 0 bridgehead atoms. The molecule has 3 rings (SSSR count).